The van der Waals surface area contributed by atoms with Gasteiger partial charge in [-0.3, -0.25) is 4.79 Å². The Morgan fingerprint density at radius 3 is 2.59 bits per heavy atom. The molecule has 7 nitrogen and oxygen atoms in total. The number of hydrogen-bond donors (Lipinski definition) is 2. The summed E-state index contributed by atoms with van der Waals surface area (Å²) in [6.45, 7) is 1.12. The minimum absolute atomic E-state index is 0.0312. The maximum Gasteiger partial charge on any atom is 0.243 e. The summed E-state index contributed by atoms with van der Waals surface area (Å²) in [5.41, 5.74) is 1.16. The van der Waals surface area contributed by atoms with Crippen molar-refractivity contribution in [1.29, 1.82) is 0 Å². The third kappa shape index (κ3) is 4.58. The number of methoxy groups -OCH3 is 1. The minimum Gasteiger partial charge on any atom is -0.495 e. The highest BCUT2D eigenvalue weighted by Crippen LogP contribution is 2.24. The van der Waals surface area contributed by atoms with Crippen LogP contribution in [0.25, 0.3) is 0 Å². The van der Waals surface area contributed by atoms with Crippen molar-refractivity contribution in [1.82, 2.24) is 4.31 Å². The lowest BCUT2D eigenvalue weighted by atomic mass is 10.3. The van der Waals surface area contributed by atoms with Gasteiger partial charge in [0.15, 0.2) is 0 Å². The first kappa shape index (κ1) is 19.2. The van der Waals surface area contributed by atoms with E-state index in [1.165, 1.54) is 10.4 Å². The number of benzene rings is 2. The Bertz CT molecular complexity index is 909. The Labute approximate surface area is 159 Å². The Balaban J connectivity index is 1.64. The molecular weight excluding hydrogens is 366 g/mol. The van der Waals surface area contributed by atoms with Gasteiger partial charge in [0.2, 0.25) is 15.9 Å². The summed E-state index contributed by atoms with van der Waals surface area (Å²) in [4.78, 5) is 12.4. The molecule has 0 spiro atoms. The fourth-order valence-electron chi connectivity index (χ4n) is 2.98. The smallest absolute Gasteiger partial charge is 0.243 e. The SMILES string of the molecule is COc1ccccc1NCC(=O)Nc1cccc(S(=O)(=O)N2CCCC2)c1. The van der Waals surface area contributed by atoms with Crippen molar-refractivity contribution in [3.63, 3.8) is 0 Å². The number of hydrogen-bond acceptors (Lipinski definition) is 5. The third-order valence-corrected chi connectivity index (χ3v) is 6.26. The lowest BCUT2D eigenvalue weighted by Gasteiger charge is -2.16. The molecule has 1 amide bonds. The van der Waals surface area contributed by atoms with Gasteiger partial charge in [-0.15, -0.1) is 0 Å². The summed E-state index contributed by atoms with van der Waals surface area (Å²) >= 11 is 0. The van der Waals surface area contributed by atoms with E-state index < -0.39 is 10.0 Å². The fraction of sp³-hybridized carbons (Fsp3) is 0.316. The molecule has 2 aromatic carbocycles. The van der Waals surface area contributed by atoms with Gasteiger partial charge in [0.1, 0.15) is 5.75 Å². The topological polar surface area (TPSA) is 87.7 Å². The van der Waals surface area contributed by atoms with Crippen molar-refractivity contribution in [3.05, 3.63) is 48.5 Å². The van der Waals surface area contributed by atoms with Crippen LogP contribution in [-0.2, 0) is 14.8 Å². The van der Waals surface area contributed by atoms with Crippen LogP contribution in [0.2, 0.25) is 0 Å². The highest BCUT2D eigenvalue weighted by atomic mass is 32.2. The zero-order valence-corrected chi connectivity index (χ0v) is 16.0. The molecule has 0 radical (unpaired) electrons. The van der Waals surface area contributed by atoms with Crippen LogP contribution in [0.3, 0.4) is 0 Å². The van der Waals surface area contributed by atoms with Crippen molar-refractivity contribution in [3.8, 4) is 5.75 Å². The maximum absolute atomic E-state index is 12.6. The van der Waals surface area contributed by atoms with E-state index in [1.807, 2.05) is 18.2 Å². The average molecular weight is 389 g/mol. The number of carbonyl (C=O) groups excluding carboxylic acids is 1. The van der Waals surface area contributed by atoms with Crippen LogP contribution < -0.4 is 15.4 Å². The van der Waals surface area contributed by atoms with E-state index in [9.17, 15) is 13.2 Å². The van der Waals surface area contributed by atoms with Crippen LogP contribution in [0.1, 0.15) is 12.8 Å². The number of nitrogens with zero attached hydrogens (tertiary/aromatic N) is 1. The van der Waals surface area contributed by atoms with Crippen LogP contribution in [0.5, 0.6) is 5.75 Å². The first-order valence-electron chi connectivity index (χ1n) is 8.77. The number of para-hydroxylation sites is 2. The predicted molar refractivity (Wildman–Crippen MR) is 105 cm³/mol. The average Bonchev–Trinajstić information content (AvgIpc) is 3.22. The first-order valence-corrected chi connectivity index (χ1v) is 10.2. The lowest BCUT2D eigenvalue weighted by Crippen LogP contribution is -2.28. The normalized spacial score (nSPS) is 14.7. The van der Waals surface area contributed by atoms with Crippen molar-refractivity contribution < 1.29 is 17.9 Å². The highest BCUT2D eigenvalue weighted by molar-refractivity contribution is 7.89. The maximum atomic E-state index is 12.6. The summed E-state index contributed by atoms with van der Waals surface area (Å²) < 4.78 is 32.0. The Morgan fingerprint density at radius 1 is 1.11 bits per heavy atom. The Hall–Kier alpha value is -2.58. The molecule has 0 saturated carbocycles. The summed E-state index contributed by atoms with van der Waals surface area (Å²) in [6.07, 6.45) is 1.76. The minimum atomic E-state index is -3.51. The number of anilines is 2. The quantitative estimate of drug-likeness (QED) is 0.760. The summed E-state index contributed by atoms with van der Waals surface area (Å²) in [5.74, 6) is 0.362. The van der Waals surface area contributed by atoms with E-state index >= 15 is 0 Å². The molecule has 0 atom stereocenters. The van der Waals surface area contributed by atoms with Gasteiger partial charge in [-0.2, -0.15) is 4.31 Å². The zero-order chi connectivity index (χ0) is 19.3. The van der Waals surface area contributed by atoms with E-state index in [2.05, 4.69) is 10.6 Å². The van der Waals surface area contributed by atoms with Crippen molar-refractivity contribution >= 4 is 27.3 Å². The van der Waals surface area contributed by atoms with E-state index in [0.29, 0.717) is 30.2 Å². The predicted octanol–water partition coefficient (Wildman–Crippen LogP) is 2.53. The second kappa shape index (κ2) is 8.41. The van der Waals surface area contributed by atoms with E-state index in [4.69, 9.17) is 4.74 Å². The summed E-state index contributed by atoms with van der Waals surface area (Å²) in [6, 6.07) is 13.6. The molecule has 1 heterocycles. The molecule has 2 N–H and O–H groups in total. The third-order valence-electron chi connectivity index (χ3n) is 4.37. The molecule has 3 rings (SSSR count). The van der Waals surface area contributed by atoms with Crippen LogP contribution in [0, 0.1) is 0 Å². The molecule has 8 heteroatoms. The molecule has 144 valence electrons. The van der Waals surface area contributed by atoms with Gasteiger partial charge in [-0.1, -0.05) is 18.2 Å². The molecular formula is C19H23N3O4S. The highest BCUT2D eigenvalue weighted by Gasteiger charge is 2.27. The van der Waals surface area contributed by atoms with Crippen LogP contribution >= 0.6 is 0 Å². The fourth-order valence-corrected chi connectivity index (χ4v) is 4.55. The Morgan fingerprint density at radius 2 is 1.85 bits per heavy atom. The monoisotopic (exact) mass is 389 g/mol. The molecule has 1 saturated heterocycles. The largest absolute Gasteiger partial charge is 0.495 e. The van der Waals surface area contributed by atoms with Gasteiger partial charge in [0.25, 0.3) is 0 Å². The van der Waals surface area contributed by atoms with Crippen molar-refractivity contribution in [2.24, 2.45) is 0 Å². The van der Waals surface area contributed by atoms with Gasteiger partial charge in [-0.05, 0) is 43.2 Å². The Kier molecular flexibility index (Phi) is 5.98. The van der Waals surface area contributed by atoms with E-state index in [0.717, 1.165) is 12.8 Å². The van der Waals surface area contributed by atoms with Gasteiger partial charge in [0.05, 0.1) is 24.2 Å². The number of nitrogens with one attached hydrogen (secondary N) is 2. The summed E-state index contributed by atoms with van der Waals surface area (Å²) in [5, 5.41) is 5.74. The number of ether oxygens (including phenoxy) is 1. The number of carbonyl (C=O) groups is 1. The number of rotatable bonds is 7. The molecule has 27 heavy (non-hydrogen) atoms. The molecule has 0 unspecified atom stereocenters. The van der Waals surface area contributed by atoms with Gasteiger partial charge >= 0.3 is 0 Å². The number of sulfonamides is 1. The number of amides is 1. The van der Waals surface area contributed by atoms with Crippen LogP contribution in [0.15, 0.2) is 53.4 Å². The zero-order valence-electron chi connectivity index (χ0n) is 15.1. The lowest BCUT2D eigenvalue weighted by molar-refractivity contribution is -0.114. The molecule has 1 aliphatic rings. The van der Waals surface area contributed by atoms with Crippen LogP contribution in [-0.4, -0.2) is 45.4 Å². The van der Waals surface area contributed by atoms with E-state index in [1.54, 1.807) is 31.4 Å². The molecule has 0 aliphatic carbocycles. The standard InChI is InChI=1S/C19H23N3O4S/c1-26-18-10-3-2-9-17(18)20-14-19(23)21-15-7-6-8-16(13-15)27(24,25)22-11-4-5-12-22/h2-3,6-10,13,20H,4-5,11-12,14H2,1H3,(H,21,23). The molecule has 1 fully saturated rings. The van der Waals surface area contributed by atoms with Gasteiger partial charge in [-0.25, -0.2) is 8.42 Å². The van der Waals surface area contributed by atoms with Crippen LogP contribution in [0.4, 0.5) is 11.4 Å². The molecule has 2 aromatic rings. The van der Waals surface area contributed by atoms with Gasteiger partial charge in [0, 0.05) is 18.8 Å². The molecule has 0 aromatic heterocycles. The summed E-state index contributed by atoms with van der Waals surface area (Å²) in [7, 11) is -1.95. The van der Waals surface area contributed by atoms with Crippen molar-refractivity contribution in [2.75, 3.05) is 37.4 Å². The van der Waals surface area contributed by atoms with Crippen molar-refractivity contribution in [2.45, 2.75) is 17.7 Å². The molecule has 1 aliphatic heterocycles. The first-order chi connectivity index (χ1) is 13.0. The second-order valence-electron chi connectivity index (χ2n) is 6.24. The second-order valence-corrected chi connectivity index (χ2v) is 8.18. The van der Waals surface area contributed by atoms with E-state index in [-0.39, 0.29) is 17.3 Å². The molecule has 0 bridgehead atoms. The van der Waals surface area contributed by atoms with Gasteiger partial charge < -0.3 is 15.4 Å².